The van der Waals surface area contributed by atoms with Gasteiger partial charge in [-0.25, -0.2) is 0 Å². The maximum Gasteiger partial charge on any atom is 0.145 e. The van der Waals surface area contributed by atoms with E-state index in [0.717, 1.165) is 85.2 Å². The fourth-order valence-electron chi connectivity index (χ4n) is 8.53. The molecule has 11 rings (SSSR count). The Bertz CT molecular complexity index is 3100. The standard InChI is InChI=1S/C52H37N3O/c1-4-15-34(16-5-1)37-21-14-22-38(29-37)46-33-47(54-52(53-46)36-19-8-3-9-20-36)39-27-28-42-41-23-10-12-25-48(41)55(49(42)30-39)40-31-44(35-17-6-2-7-18-35)51-45(32-40)43-24-11-13-26-50(43)56-51/h1,3-6,8-33,52-53H,2,7H2. The van der Waals surface area contributed by atoms with Gasteiger partial charge in [-0.05, 0) is 83.1 Å². The molecule has 0 saturated heterocycles. The number of hydrogen-bond donors (Lipinski definition) is 1. The molecular weight excluding hydrogens is 683 g/mol. The molecule has 7 aromatic carbocycles. The highest BCUT2D eigenvalue weighted by atomic mass is 16.3. The Balaban J connectivity index is 1.12. The zero-order valence-electron chi connectivity index (χ0n) is 30.7. The van der Waals surface area contributed by atoms with Gasteiger partial charge in [-0.3, -0.25) is 4.99 Å². The van der Waals surface area contributed by atoms with Crippen molar-refractivity contribution in [2.45, 2.75) is 19.0 Å². The van der Waals surface area contributed by atoms with E-state index in [4.69, 9.17) is 9.41 Å². The average Bonchev–Trinajstić information content (AvgIpc) is 3.82. The van der Waals surface area contributed by atoms with E-state index >= 15 is 0 Å². The molecule has 0 radical (unpaired) electrons. The van der Waals surface area contributed by atoms with Crippen LogP contribution < -0.4 is 5.32 Å². The molecule has 1 unspecified atom stereocenters. The maximum atomic E-state index is 6.60. The molecule has 3 heterocycles. The lowest BCUT2D eigenvalue weighted by molar-refractivity contribution is 0.664. The molecule has 0 amide bonds. The number of fused-ring (bicyclic) bond motifs is 6. The molecular formula is C52H37N3O. The minimum Gasteiger partial charge on any atom is -0.455 e. The van der Waals surface area contributed by atoms with Gasteiger partial charge in [0.05, 0.1) is 16.7 Å². The molecule has 56 heavy (non-hydrogen) atoms. The molecule has 0 fully saturated rings. The van der Waals surface area contributed by atoms with Crippen LogP contribution in [-0.2, 0) is 0 Å². The molecule has 9 aromatic rings. The van der Waals surface area contributed by atoms with E-state index in [1.165, 1.54) is 27.5 Å². The third-order valence-corrected chi connectivity index (χ3v) is 11.2. The van der Waals surface area contributed by atoms with Crippen molar-refractivity contribution in [1.29, 1.82) is 0 Å². The minimum atomic E-state index is -0.246. The van der Waals surface area contributed by atoms with Crippen LogP contribution in [0.2, 0.25) is 0 Å². The molecule has 0 saturated carbocycles. The summed E-state index contributed by atoms with van der Waals surface area (Å²) in [5.41, 5.74) is 15.2. The Labute approximate surface area is 325 Å². The number of benzene rings is 7. The molecule has 266 valence electrons. The largest absolute Gasteiger partial charge is 0.455 e. The summed E-state index contributed by atoms with van der Waals surface area (Å²) < 4.78 is 9.02. The number of nitrogens with one attached hydrogen (secondary N) is 1. The van der Waals surface area contributed by atoms with Crippen molar-refractivity contribution in [3.8, 4) is 16.8 Å². The van der Waals surface area contributed by atoms with Gasteiger partial charge in [0.1, 0.15) is 17.3 Å². The average molecular weight is 720 g/mol. The van der Waals surface area contributed by atoms with Crippen LogP contribution in [0.3, 0.4) is 0 Å². The number of aliphatic imine (C=N–C) groups is 1. The molecule has 4 nitrogen and oxygen atoms in total. The Morgan fingerprint density at radius 1 is 0.571 bits per heavy atom. The monoisotopic (exact) mass is 719 g/mol. The molecule has 1 aliphatic carbocycles. The summed E-state index contributed by atoms with van der Waals surface area (Å²) in [5.74, 6) is 0. The Morgan fingerprint density at radius 3 is 2.18 bits per heavy atom. The quantitative estimate of drug-likeness (QED) is 0.186. The Hall–Kier alpha value is -7.17. The van der Waals surface area contributed by atoms with E-state index in [2.05, 4.69) is 192 Å². The summed E-state index contributed by atoms with van der Waals surface area (Å²) in [7, 11) is 0. The number of aromatic nitrogens is 1. The second-order valence-electron chi connectivity index (χ2n) is 14.7. The predicted octanol–water partition coefficient (Wildman–Crippen LogP) is 13.2. The van der Waals surface area contributed by atoms with Crippen molar-refractivity contribution in [3.63, 3.8) is 0 Å². The van der Waals surface area contributed by atoms with Crippen molar-refractivity contribution >= 4 is 60.7 Å². The van der Waals surface area contributed by atoms with Crippen LogP contribution >= 0.6 is 0 Å². The maximum absolute atomic E-state index is 6.60. The van der Waals surface area contributed by atoms with Crippen molar-refractivity contribution < 1.29 is 4.42 Å². The van der Waals surface area contributed by atoms with Crippen molar-refractivity contribution in [3.05, 3.63) is 210 Å². The van der Waals surface area contributed by atoms with Gasteiger partial charge in [-0.2, -0.15) is 0 Å². The third kappa shape index (κ3) is 5.49. The zero-order valence-corrected chi connectivity index (χ0v) is 30.7. The first-order chi connectivity index (χ1) is 27.7. The molecule has 0 spiro atoms. The Morgan fingerprint density at radius 2 is 1.32 bits per heavy atom. The first kappa shape index (κ1) is 32.3. The number of nitrogens with zero attached hydrogens (tertiary/aromatic N) is 2. The van der Waals surface area contributed by atoms with Gasteiger partial charge in [-0.1, -0.05) is 146 Å². The van der Waals surface area contributed by atoms with Crippen molar-refractivity contribution in [2.75, 3.05) is 0 Å². The highest BCUT2D eigenvalue weighted by Gasteiger charge is 2.23. The summed E-state index contributed by atoms with van der Waals surface area (Å²) >= 11 is 0. The number of rotatable bonds is 6. The van der Waals surface area contributed by atoms with Gasteiger partial charge in [0.15, 0.2) is 0 Å². The molecule has 2 aromatic heterocycles. The van der Waals surface area contributed by atoms with Gasteiger partial charge in [0.25, 0.3) is 0 Å². The number of para-hydroxylation sites is 2. The summed E-state index contributed by atoms with van der Waals surface area (Å²) in [5, 5.41) is 8.44. The van der Waals surface area contributed by atoms with E-state index in [1.807, 2.05) is 6.07 Å². The highest BCUT2D eigenvalue weighted by Crippen LogP contribution is 2.40. The van der Waals surface area contributed by atoms with Gasteiger partial charge in [0.2, 0.25) is 0 Å². The summed E-state index contributed by atoms with van der Waals surface area (Å²) in [4.78, 5) is 5.38. The normalized spacial score (nSPS) is 15.6. The summed E-state index contributed by atoms with van der Waals surface area (Å²) in [6.45, 7) is 0. The first-order valence-electron chi connectivity index (χ1n) is 19.4. The number of allylic oxidation sites excluding steroid dienone is 5. The lowest BCUT2D eigenvalue weighted by atomic mass is 9.96. The fourth-order valence-corrected chi connectivity index (χ4v) is 8.53. The van der Waals surface area contributed by atoms with Crippen LogP contribution in [0.1, 0.15) is 41.3 Å². The summed E-state index contributed by atoms with van der Waals surface area (Å²) in [6.07, 6.45) is 10.9. The lowest BCUT2D eigenvalue weighted by Crippen LogP contribution is -2.24. The van der Waals surface area contributed by atoms with E-state index in [9.17, 15) is 0 Å². The highest BCUT2D eigenvalue weighted by molar-refractivity contribution is 6.17. The fraction of sp³-hybridized carbons (Fsp3) is 0.0577. The van der Waals surface area contributed by atoms with Gasteiger partial charge in [0, 0.05) is 44.1 Å². The molecule has 4 heteroatoms. The van der Waals surface area contributed by atoms with E-state index in [0.29, 0.717) is 0 Å². The van der Waals surface area contributed by atoms with Gasteiger partial charge < -0.3 is 14.3 Å². The van der Waals surface area contributed by atoms with Gasteiger partial charge in [-0.15, -0.1) is 0 Å². The van der Waals surface area contributed by atoms with Crippen molar-refractivity contribution in [1.82, 2.24) is 9.88 Å². The third-order valence-electron chi connectivity index (χ3n) is 11.2. The van der Waals surface area contributed by atoms with Crippen LogP contribution in [-0.4, -0.2) is 10.3 Å². The SMILES string of the molecule is C1=CC(c2cc(-n3c4ccccc4c4ccc(C5=NC(c6ccccc6)NC(c6cccc(-c7ccccc7)c6)=C5)cc43)cc3c2oc2ccccc23)=CCC1. The smallest absolute Gasteiger partial charge is 0.145 e. The molecule has 1 N–H and O–H groups in total. The number of furan rings is 1. The summed E-state index contributed by atoms with van der Waals surface area (Å²) in [6, 6.07) is 58.4. The lowest BCUT2D eigenvalue weighted by Gasteiger charge is -2.25. The molecule has 0 bridgehead atoms. The number of hydrogen-bond acceptors (Lipinski definition) is 3. The topological polar surface area (TPSA) is 42.5 Å². The van der Waals surface area contributed by atoms with Crippen LogP contribution in [0.5, 0.6) is 0 Å². The van der Waals surface area contributed by atoms with Gasteiger partial charge >= 0.3 is 0 Å². The van der Waals surface area contributed by atoms with E-state index in [1.54, 1.807) is 0 Å². The second kappa shape index (κ2) is 13.3. The van der Waals surface area contributed by atoms with Crippen LogP contribution in [0.25, 0.3) is 71.8 Å². The van der Waals surface area contributed by atoms with E-state index in [-0.39, 0.29) is 6.17 Å². The van der Waals surface area contributed by atoms with Crippen LogP contribution in [0, 0.1) is 0 Å². The minimum absolute atomic E-state index is 0.246. The van der Waals surface area contributed by atoms with Crippen molar-refractivity contribution in [2.24, 2.45) is 4.99 Å². The van der Waals surface area contributed by atoms with E-state index < -0.39 is 0 Å². The molecule has 2 aliphatic rings. The van der Waals surface area contributed by atoms with Crippen LogP contribution in [0.4, 0.5) is 0 Å². The first-order valence-corrected chi connectivity index (χ1v) is 19.4. The zero-order chi connectivity index (χ0) is 37.0. The molecule has 1 atom stereocenters. The molecule has 1 aliphatic heterocycles. The van der Waals surface area contributed by atoms with Crippen LogP contribution in [0.15, 0.2) is 198 Å². The predicted molar refractivity (Wildman–Crippen MR) is 233 cm³/mol. The Kier molecular flexibility index (Phi) is 7.66. The second-order valence-corrected chi connectivity index (χ2v) is 14.7.